The second-order valence-corrected chi connectivity index (χ2v) is 9.07. The zero-order valence-corrected chi connectivity index (χ0v) is 21.0. The summed E-state index contributed by atoms with van der Waals surface area (Å²) in [6, 6.07) is 40.5. The molecule has 0 radical (unpaired) electrons. The molecule has 5 aromatic rings. The summed E-state index contributed by atoms with van der Waals surface area (Å²) in [5.74, 6) is 0.851. The van der Waals surface area contributed by atoms with Crippen LogP contribution in [0.25, 0.3) is 11.1 Å². The van der Waals surface area contributed by atoms with Crippen molar-refractivity contribution >= 4 is 5.91 Å². The van der Waals surface area contributed by atoms with Gasteiger partial charge in [-0.2, -0.15) is 0 Å². The van der Waals surface area contributed by atoms with Gasteiger partial charge in [0.1, 0.15) is 5.75 Å². The number of rotatable bonds is 9. The highest BCUT2D eigenvalue weighted by Crippen LogP contribution is 2.22. The normalized spacial score (nSPS) is 10.7. The number of amides is 1. The van der Waals surface area contributed by atoms with Gasteiger partial charge in [0.05, 0.1) is 13.7 Å². The maximum atomic E-state index is 13.8. The first-order valence-electron chi connectivity index (χ1n) is 12.5. The van der Waals surface area contributed by atoms with Gasteiger partial charge in [0, 0.05) is 30.5 Å². The number of benzene rings is 4. The van der Waals surface area contributed by atoms with E-state index >= 15 is 0 Å². The summed E-state index contributed by atoms with van der Waals surface area (Å²) in [5.41, 5.74) is 6.24. The quantitative estimate of drug-likeness (QED) is 0.224. The third-order valence-electron chi connectivity index (χ3n) is 6.51. The summed E-state index contributed by atoms with van der Waals surface area (Å²) >= 11 is 0. The van der Waals surface area contributed by atoms with Gasteiger partial charge in [-0.05, 0) is 58.7 Å². The van der Waals surface area contributed by atoms with Crippen molar-refractivity contribution in [1.82, 2.24) is 9.47 Å². The molecule has 0 aliphatic heterocycles. The first kappa shape index (κ1) is 24.1. The van der Waals surface area contributed by atoms with Gasteiger partial charge in [-0.15, -0.1) is 0 Å². The van der Waals surface area contributed by atoms with E-state index in [9.17, 15) is 4.79 Å². The zero-order chi connectivity index (χ0) is 25.5. The lowest BCUT2D eigenvalue weighted by Crippen LogP contribution is -2.31. The van der Waals surface area contributed by atoms with Crippen molar-refractivity contribution in [2.24, 2.45) is 0 Å². The van der Waals surface area contributed by atoms with E-state index in [0.717, 1.165) is 33.7 Å². The fourth-order valence-electron chi connectivity index (χ4n) is 4.53. The first-order chi connectivity index (χ1) is 18.2. The van der Waals surface area contributed by atoms with E-state index in [0.29, 0.717) is 25.2 Å². The standard InChI is InChI=1S/C33H30N2O2/c1-37-32-16-8-12-27(22-32)24-34-21-9-15-31(34)25-35(23-26-10-4-2-5-11-26)33(36)30-19-17-29(18-20-30)28-13-6-3-7-14-28/h2-22H,23-25H2,1H3. The molecule has 0 N–H and O–H groups in total. The average molecular weight is 487 g/mol. The van der Waals surface area contributed by atoms with E-state index in [1.165, 1.54) is 0 Å². The Morgan fingerprint density at radius 2 is 1.38 bits per heavy atom. The molecule has 0 aliphatic rings. The summed E-state index contributed by atoms with van der Waals surface area (Å²) in [5, 5.41) is 0. The van der Waals surface area contributed by atoms with Crippen molar-refractivity contribution in [1.29, 1.82) is 0 Å². The molecule has 1 heterocycles. The Labute approximate surface area is 218 Å². The Hall–Kier alpha value is -4.57. The summed E-state index contributed by atoms with van der Waals surface area (Å²) in [6.45, 7) is 1.74. The van der Waals surface area contributed by atoms with Crippen molar-refractivity contribution in [3.63, 3.8) is 0 Å². The lowest BCUT2D eigenvalue weighted by molar-refractivity contribution is 0.0726. The molecule has 1 aromatic heterocycles. The van der Waals surface area contributed by atoms with Crippen molar-refractivity contribution in [3.05, 3.63) is 150 Å². The molecule has 184 valence electrons. The van der Waals surface area contributed by atoms with Gasteiger partial charge in [-0.25, -0.2) is 0 Å². The molecule has 37 heavy (non-hydrogen) atoms. The van der Waals surface area contributed by atoms with Gasteiger partial charge in [-0.1, -0.05) is 84.9 Å². The lowest BCUT2D eigenvalue weighted by atomic mass is 10.0. The third-order valence-corrected chi connectivity index (χ3v) is 6.51. The SMILES string of the molecule is COc1cccc(Cn2cccc2CN(Cc2ccccc2)C(=O)c2ccc(-c3ccccc3)cc2)c1. The number of ether oxygens (including phenoxy) is 1. The van der Waals surface area contributed by atoms with Gasteiger partial charge in [-0.3, -0.25) is 4.79 Å². The van der Waals surface area contributed by atoms with Crippen molar-refractivity contribution in [3.8, 4) is 16.9 Å². The maximum Gasteiger partial charge on any atom is 0.254 e. The molecular weight excluding hydrogens is 456 g/mol. The number of hydrogen-bond acceptors (Lipinski definition) is 2. The second kappa shape index (κ2) is 11.4. The summed E-state index contributed by atoms with van der Waals surface area (Å²) in [6.07, 6.45) is 2.06. The predicted molar refractivity (Wildman–Crippen MR) is 148 cm³/mol. The minimum absolute atomic E-state index is 0.0117. The first-order valence-corrected chi connectivity index (χ1v) is 12.5. The molecule has 0 aliphatic carbocycles. The number of aromatic nitrogens is 1. The number of carbonyl (C=O) groups excluding carboxylic acids is 1. The monoisotopic (exact) mass is 486 g/mol. The van der Waals surface area contributed by atoms with Crippen LogP contribution < -0.4 is 4.74 Å². The zero-order valence-electron chi connectivity index (χ0n) is 21.0. The van der Waals surface area contributed by atoms with Crippen LogP contribution in [0.2, 0.25) is 0 Å². The number of nitrogens with zero attached hydrogens (tertiary/aromatic N) is 2. The predicted octanol–water partition coefficient (Wildman–Crippen LogP) is 7.05. The van der Waals surface area contributed by atoms with Crippen LogP contribution in [0, 0.1) is 0 Å². The fraction of sp³-hybridized carbons (Fsp3) is 0.121. The van der Waals surface area contributed by atoms with Crippen LogP contribution in [-0.2, 0) is 19.6 Å². The Morgan fingerprint density at radius 1 is 0.703 bits per heavy atom. The van der Waals surface area contributed by atoms with Crippen molar-refractivity contribution in [2.75, 3.05) is 7.11 Å². The molecule has 0 fully saturated rings. The molecule has 0 unspecified atom stereocenters. The van der Waals surface area contributed by atoms with Crippen LogP contribution in [0.4, 0.5) is 0 Å². The van der Waals surface area contributed by atoms with Gasteiger partial charge in [0.15, 0.2) is 0 Å². The minimum Gasteiger partial charge on any atom is -0.497 e. The topological polar surface area (TPSA) is 34.5 Å². The molecule has 0 saturated carbocycles. The Kier molecular flexibility index (Phi) is 7.47. The van der Waals surface area contributed by atoms with E-state index in [2.05, 4.69) is 47.2 Å². The highest BCUT2D eigenvalue weighted by Gasteiger charge is 2.18. The van der Waals surface area contributed by atoms with E-state index in [-0.39, 0.29) is 5.91 Å². The highest BCUT2D eigenvalue weighted by molar-refractivity contribution is 5.94. The largest absolute Gasteiger partial charge is 0.497 e. The van der Waals surface area contributed by atoms with Gasteiger partial charge in [0.2, 0.25) is 0 Å². The van der Waals surface area contributed by atoms with Gasteiger partial charge < -0.3 is 14.2 Å². The Balaban J connectivity index is 1.39. The molecule has 4 heteroatoms. The van der Waals surface area contributed by atoms with Crippen LogP contribution in [0.15, 0.2) is 128 Å². The number of methoxy groups -OCH3 is 1. The molecule has 4 nitrogen and oxygen atoms in total. The number of carbonyl (C=O) groups is 1. The lowest BCUT2D eigenvalue weighted by Gasteiger charge is -2.24. The molecule has 4 aromatic carbocycles. The van der Waals surface area contributed by atoms with Crippen LogP contribution in [0.5, 0.6) is 5.75 Å². The van der Waals surface area contributed by atoms with E-state index < -0.39 is 0 Å². The van der Waals surface area contributed by atoms with Gasteiger partial charge >= 0.3 is 0 Å². The molecular formula is C33H30N2O2. The molecule has 1 amide bonds. The van der Waals surface area contributed by atoms with Crippen LogP contribution >= 0.6 is 0 Å². The molecule has 0 spiro atoms. The summed E-state index contributed by atoms with van der Waals surface area (Å²) in [7, 11) is 1.68. The van der Waals surface area contributed by atoms with Crippen molar-refractivity contribution in [2.45, 2.75) is 19.6 Å². The number of hydrogen-bond donors (Lipinski definition) is 0. The van der Waals surface area contributed by atoms with Crippen LogP contribution in [0.1, 0.15) is 27.2 Å². The van der Waals surface area contributed by atoms with Crippen LogP contribution in [-0.4, -0.2) is 22.5 Å². The molecule has 0 bridgehead atoms. The average Bonchev–Trinajstić information content (AvgIpc) is 3.39. The minimum atomic E-state index is 0.0117. The van der Waals surface area contributed by atoms with Gasteiger partial charge in [0.25, 0.3) is 5.91 Å². The highest BCUT2D eigenvalue weighted by atomic mass is 16.5. The second-order valence-electron chi connectivity index (χ2n) is 9.07. The van der Waals surface area contributed by atoms with E-state index in [1.807, 2.05) is 89.8 Å². The van der Waals surface area contributed by atoms with Crippen molar-refractivity contribution < 1.29 is 9.53 Å². The van der Waals surface area contributed by atoms with E-state index in [4.69, 9.17) is 4.74 Å². The summed E-state index contributed by atoms with van der Waals surface area (Å²) in [4.78, 5) is 15.7. The molecule has 0 saturated heterocycles. The smallest absolute Gasteiger partial charge is 0.254 e. The summed E-state index contributed by atoms with van der Waals surface area (Å²) < 4.78 is 7.58. The Bertz CT molecular complexity index is 1440. The third kappa shape index (κ3) is 5.99. The van der Waals surface area contributed by atoms with Crippen LogP contribution in [0.3, 0.4) is 0 Å². The Morgan fingerprint density at radius 3 is 2.11 bits per heavy atom. The molecule has 5 rings (SSSR count). The molecule has 0 atom stereocenters. The van der Waals surface area contributed by atoms with E-state index in [1.54, 1.807) is 7.11 Å². The maximum absolute atomic E-state index is 13.8. The fourth-order valence-corrected chi connectivity index (χ4v) is 4.53.